The van der Waals surface area contributed by atoms with Crippen LogP contribution in [0.4, 0.5) is 5.13 Å². The first kappa shape index (κ1) is 15.6. The predicted molar refractivity (Wildman–Crippen MR) is 92.9 cm³/mol. The molecule has 8 heteroatoms. The lowest BCUT2D eigenvalue weighted by Gasteiger charge is -2.09. The Bertz CT molecular complexity index is 799. The van der Waals surface area contributed by atoms with E-state index in [1.54, 1.807) is 24.8 Å². The number of carbonyl (C=O) groups excluding carboxylic acids is 1. The predicted octanol–water partition coefficient (Wildman–Crippen LogP) is 3.19. The molecule has 0 fully saturated rings. The Morgan fingerprint density at radius 1 is 1.26 bits per heavy atom. The van der Waals surface area contributed by atoms with Crippen molar-refractivity contribution >= 4 is 33.7 Å². The number of amides is 1. The van der Waals surface area contributed by atoms with Gasteiger partial charge in [0.2, 0.25) is 0 Å². The van der Waals surface area contributed by atoms with Crippen molar-refractivity contribution in [3.05, 3.63) is 46.0 Å². The Hall–Kier alpha value is -2.32. The summed E-state index contributed by atoms with van der Waals surface area (Å²) in [5.41, 5.74) is 2.24. The van der Waals surface area contributed by atoms with Gasteiger partial charge >= 0.3 is 0 Å². The molecule has 0 aromatic carbocycles. The number of hydrogen-bond donors (Lipinski definition) is 2. The number of aromatic nitrogens is 3. The van der Waals surface area contributed by atoms with E-state index in [9.17, 15) is 4.79 Å². The number of carbonyl (C=O) groups is 1. The van der Waals surface area contributed by atoms with E-state index in [4.69, 9.17) is 0 Å². The maximum Gasteiger partial charge on any atom is 0.271 e. The van der Waals surface area contributed by atoms with Gasteiger partial charge in [-0.25, -0.2) is 9.97 Å². The van der Waals surface area contributed by atoms with Crippen LogP contribution in [0.5, 0.6) is 0 Å². The van der Waals surface area contributed by atoms with Gasteiger partial charge in [0.25, 0.3) is 5.91 Å². The van der Waals surface area contributed by atoms with Gasteiger partial charge < -0.3 is 10.6 Å². The van der Waals surface area contributed by atoms with Crippen LogP contribution in [0.1, 0.15) is 28.5 Å². The highest BCUT2D eigenvalue weighted by Crippen LogP contribution is 2.25. The Kier molecular flexibility index (Phi) is 4.63. The van der Waals surface area contributed by atoms with Crippen molar-refractivity contribution in [2.75, 3.05) is 12.4 Å². The average molecular weight is 345 g/mol. The number of rotatable bonds is 5. The lowest BCUT2D eigenvalue weighted by molar-refractivity contribution is 0.0935. The molecule has 6 nitrogen and oxygen atoms in total. The van der Waals surface area contributed by atoms with E-state index >= 15 is 0 Å². The molecule has 1 atom stereocenters. The van der Waals surface area contributed by atoms with E-state index in [1.807, 2.05) is 24.4 Å². The lowest BCUT2D eigenvalue weighted by atomic mass is 10.2. The first-order valence-electron chi connectivity index (χ1n) is 6.97. The van der Waals surface area contributed by atoms with Crippen LogP contribution in [0.2, 0.25) is 0 Å². The minimum Gasteiger partial charge on any atom is -0.365 e. The minimum absolute atomic E-state index is 0.183. The standard InChI is InChI=1S/C15H15N5OS2/c1-9(18-13(21)12-8-23-15(16-2)20-12)14-19-11(7-22-14)10-4-3-5-17-6-10/h3-9H,1-2H3,(H,16,20)(H,18,21)/t9-/m0/s1. The Morgan fingerprint density at radius 3 is 2.83 bits per heavy atom. The van der Waals surface area contributed by atoms with E-state index in [1.165, 1.54) is 22.7 Å². The molecule has 118 valence electrons. The average Bonchev–Trinajstić information content (AvgIpc) is 3.25. The van der Waals surface area contributed by atoms with Gasteiger partial charge in [0, 0.05) is 35.8 Å². The SMILES string of the molecule is CNc1nc(C(=O)N[C@@H](C)c2nc(-c3cccnc3)cs2)cs1. The Balaban J connectivity index is 1.70. The summed E-state index contributed by atoms with van der Waals surface area (Å²) in [7, 11) is 1.78. The van der Waals surface area contributed by atoms with E-state index in [-0.39, 0.29) is 11.9 Å². The molecule has 0 radical (unpaired) electrons. The highest BCUT2D eigenvalue weighted by molar-refractivity contribution is 7.13. The third-order valence-corrected chi connectivity index (χ3v) is 5.04. The molecule has 0 bridgehead atoms. The first-order valence-corrected chi connectivity index (χ1v) is 8.73. The van der Waals surface area contributed by atoms with Gasteiger partial charge in [0.1, 0.15) is 10.7 Å². The molecule has 0 saturated heterocycles. The monoisotopic (exact) mass is 345 g/mol. The Labute approximate surface area is 141 Å². The fourth-order valence-electron chi connectivity index (χ4n) is 1.96. The van der Waals surface area contributed by atoms with Crippen molar-refractivity contribution in [1.29, 1.82) is 0 Å². The quantitative estimate of drug-likeness (QED) is 0.742. The number of nitrogens with one attached hydrogen (secondary N) is 2. The molecule has 0 aliphatic rings. The molecule has 0 aliphatic heterocycles. The number of thiazole rings is 2. The first-order chi connectivity index (χ1) is 11.2. The fourth-order valence-corrected chi connectivity index (χ4v) is 3.45. The van der Waals surface area contributed by atoms with Crippen molar-refractivity contribution in [3.63, 3.8) is 0 Å². The summed E-state index contributed by atoms with van der Waals surface area (Å²) in [5.74, 6) is -0.201. The fraction of sp³-hybridized carbons (Fsp3) is 0.200. The molecular weight excluding hydrogens is 330 g/mol. The zero-order valence-corrected chi connectivity index (χ0v) is 14.2. The second kappa shape index (κ2) is 6.84. The second-order valence-electron chi connectivity index (χ2n) is 4.80. The molecule has 1 amide bonds. The van der Waals surface area contributed by atoms with E-state index in [2.05, 4.69) is 25.6 Å². The van der Waals surface area contributed by atoms with Gasteiger partial charge in [-0.1, -0.05) is 0 Å². The maximum atomic E-state index is 12.2. The third-order valence-electron chi connectivity index (χ3n) is 3.15. The summed E-state index contributed by atoms with van der Waals surface area (Å²) in [6.45, 7) is 1.91. The molecule has 0 saturated carbocycles. The van der Waals surface area contributed by atoms with Crippen molar-refractivity contribution in [2.24, 2.45) is 0 Å². The number of nitrogens with zero attached hydrogens (tertiary/aromatic N) is 3. The van der Waals surface area contributed by atoms with Crippen molar-refractivity contribution < 1.29 is 4.79 Å². The smallest absolute Gasteiger partial charge is 0.271 e. The van der Waals surface area contributed by atoms with Gasteiger partial charge in [-0.15, -0.1) is 22.7 Å². The highest BCUT2D eigenvalue weighted by atomic mass is 32.1. The topological polar surface area (TPSA) is 79.8 Å². The van der Waals surface area contributed by atoms with Crippen molar-refractivity contribution in [1.82, 2.24) is 20.3 Å². The van der Waals surface area contributed by atoms with Crippen LogP contribution >= 0.6 is 22.7 Å². The zero-order valence-electron chi connectivity index (χ0n) is 12.6. The van der Waals surface area contributed by atoms with Gasteiger partial charge in [-0.05, 0) is 19.1 Å². The summed E-state index contributed by atoms with van der Waals surface area (Å²) >= 11 is 2.91. The van der Waals surface area contributed by atoms with E-state index < -0.39 is 0 Å². The highest BCUT2D eigenvalue weighted by Gasteiger charge is 2.17. The van der Waals surface area contributed by atoms with Gasteiger partial charge in [-0.2, -0.15) is 0 Å². The molecule has 0 aliphatic carbocycles. The van der Waals surface area contributed by atoms with Crippen LogP contribution < -0.4 is 10.6 Å². The van der Waals surface area contributed by atoms with Gasteiger partial charge in [-0.3, -0.25) is 9.78 Å². The molecule has 3 heterocycles. The summed E-state index contributed by atoms with van der Waals surface area (Å²) < 4.78 is 0. The lowest BCUT2D eigenvalue weighted by Crippen LogP contribution is -2.26. The second-order valence-corrected chi connectivity index (χ2v) is 6.54. The molecule has 23 heavy (non-hydrogen) atoms. The molecular formula is C15H15N5OS2. The molecule has 0 spiro atoms. The minimum atomic E-state index is -0.201. The molecule has 2 N–H and O–H groups in total. The largest absolute Gasteiger partial charge is 0.365 e. The number of anilines is 1. The maximum absolute atomic E-state index is 12.2. The van der Waals surface area contributed by atoms with Crippen LogP contribution in [0, 0.1) is 0 Å². The zero-order chi connectivity index (χ0) is 16.2. The van der Waals surface area contributed by atoms with Crippen molar-refractivity contribution in [2.45, 2.75) is 13.0 Å². The van der Waals surface area contributed by atoms with Crippen molar-refractivity contribution in [3.8, 4) is 11.3 Å². The summed E-state index contributed by atoms with van der Waals surface area (Å²) in [6, 6.07) is 3.66. The molecule has 0 unspecified atom stereocenters. The van der Waals surface area contributed by atoms with Crippen LogP contribution in [-0.4, -0.2) is 27.9 Å². The summed E-state index contributed by atoms with van der Waals surface area (Å²) in [5, 5.41) is 11.1. The van der Waals surface area contributed by atoms with E-state index in [0.29, 0.717) is 5.69 Å². The molecule has 3 aromatic rings. The van der Waals surface area contributed by atoms with Crippen LogP contribution in [0.15, 0.2) is 35.3 Å². The molecule has 3 aromatic heterocycles. The van der Waals surface area contributed by atoms with Crippen LogP contribution in [0.25, 0.3) is 11.3 Å². The van der Waals surface area contributed by atoms with Gasteiger partial charge in [0.15, 0.2) is 5.13 Å². The normalized spacial score (nSPS) is 11.9. The van der Waals surface area contributed by atoms with E-state index in [0.717, 1.165) is 21.4 Å². The van der Waals surface area contributed by atoms with Gasteiger partial charge in [0.05, 0.1) is 11.7 Å². The summed E-state index contributed by atoms with van der Waals surface area (Å²) in [4.78, 5) is 25.1. The Morgan fingerprint density at radius 2 is 2.13 bits per heavy atom. The van der Waals surface area contributed by atoms with Crippen LogP contribution in [0.3, 0.4) is 0 Å². The third kappa shape index (κ3) is 3.54. The number of pyridine rings is 1. The molecule has 3 rings (SSSR count). The van der Waals surface area contributed by atoms with Crippen LogP contribution in [-0.2, 0) is 0 Å². The number of hydrogen-bond acceptors (Lipinski definition) is 7. The summed E-state index contributed by atoms with van der Waals surface area (Å²) in [6.07, 6.45) is 3.50.